The first-order valence-electron chi connectivity index (χ1n) is 6.55. The van der Waals surface area contributed by atoms with E-state index in [0.717, 1.165) is 26.7 Å². The first-order valence-corrected chi connectivity index (χ1v) is 8.16. The number of anilines is 2. The molecule has 0 saturated carbocycles. The van der Waals surface area contributed by atoms with Crippen LogP contribution in [-0.2, 0) is 0 Å². The number of thiazole rings is 1. The van der Waals surface area contributed by atoms with E-state index in [1.54, 1.807) is 17.5 Å². The minimum Gasteiger partial charge on any atom is -0.316 e. The molecule has 0 saturated heterocycles. The molecule has 1 aromatic carbocycles. The number of rotatable bonds is 3. The van der Waals surface area contributed by atoms with Crippen LogP contribution in [-0.4, -0.2) is 9.97 Å². The summed E-state index contributed by atoms with van der Waals surface area (Å²) in [6, 6.07) is 12.2. The van der Waals surface area contributed by atoms with Crippen LogP contribution >= 0.6 is 27.3 Å². The summed E-state index contributed by atoms with van der Waals surface area (Å²) in [5.41, 5.74) is 3.30. The van der Waals surface area contributed by atoms with Crippen LogP contribution in [0.2, 0.25) is 0 Å². The van der Waals surface area contributed by atoms with Gasteiger partial charge in [0.15, 0.2) is 5.13 Å². The molecule has 0 amide bonds. The summed E-state index contributed by atoms with van der Waals surface area (Å²) < 4.78 is 1.06. The molecule has 21 heavy (non-hydrogen) atoms. The van der Waals surface area contributed by atoms with Gasteiger partial charge in [0.05, 0.1) is 5.69 Å². The summed E-state index contributed by atoms with van der Waals surface area (Å²) in [4.78, 5) is 10.2. The summed E-state index contributed by atoms with van der Waals surface area (Å²) >= 11 is 5.14. The van der Waals surface area contributed by atoms with Crippen molar-refractivity contribution in [1.29, 1.82) is 0 Å². The van der Waals surface area contributed by atoms with Crippen LogP contribution in [0, 0.1) is 13.8 Å². The van der Waals surface area contributed by atoms with Crippen molar-refractivity contribution in [3.63, 3.8) is 0 Å². The Hall–Kier alpha value is -1.72. The molecule has 5 heteroatoms. The number of aromatic nitrogens is 2. The molecule has 3 nitrogen and oxygen atoms in total. The molecule has 0 radical (unpaired) electrons. The van der Waals surface area contributed by atoms with E-state index in [0.29, 0.717) is 0 Å². The average Bonchev–Trinajstić information content (AvgIpc) is 2.79. The number of aryl methyl sites for hydroxylation is 2. The first-order chi connectivity index (χ1) is 10.1. The maximum Gasteiger partial charge on any atom is 0.189 e. The van der Waals surface area contributed by atoms with Crippen molar-refractivity contribution in [3.05, 3.63) is 57.5 Å². The fraction of sp³-hybridized carbons (Fsp3) is 0.125. The maximum absolute atomic E-state index is 4.69. The molecule has 0 fully saturated rings. The standard InChI is InChI=1S/C16H14BrN3S/c1-10-6-7-18-14(8-10)19-16-20-15(11(2)21-16)12-4-3-5-13(17)9-12/h3-9H,1-2H3,(H,18,19,20). The van der Waals surface area contributed by atoms with Gasteiger partial charge in [0.1, 0.15) is 5.82 Å². The second-order valence-corrected chi connectivity index (χ2v) is 6.90. The van der Waals surface area contributed by atoms with Gasteiger partial charge in [-0.2, -0.15) is 0 Å². The minimum absolute atomic E-state index is 0.824. The van der Waals surface area contributed by atoms with E-state index < -0.39 is 0 Å². The van der Waals surface area contributed by atoms with Gasteiger partial charge in [-0.05, 0) is 43.7 Å². The number of nitrogens with zero attached hydrogens (tertiary/aromatic N) is 2. The molecule has 1 N–H and O–H groups in total. The third-order valence-electron chi connectivity index (χ3n) is 3.05. The Bertz CT molecular complexity index is 783. The number of nitrogens with one attached hydrogen (secondary N) is 1. The lowest BCUT2D eigenvalue weighted by Gasteiger charge is -2.02. The molecule has 0 bridgehead atoms. The Morgan fingerprint density at radius 2 is 2.00 bits per heavy atom. The van der Waals surface area contributed by atoms with E-state index in [2.05, 4.69) is 45.3 Å². The third kappa shape index (κ3) is 3.31. The van der Waals surface area contributed by atoms with Gasteiger partial charge in [-0.1, -0.05) is 28.1 Å². The summed E-state index contributed by atoms with van der Waals surface area (Å²) in [6.45, 7) is 4.13. The number of hydrogen-bond acceptors (Lipinski definition) is 4. The number of hydrogen-bond donors (Lipinski definition) is 1. The maximum atomic E-state index is 4.69. The van der Waals surface area contributed by atoms with Gasteiger partial charge in [0, 0.05) is 21.1 Å². The number of pyridine rings is 1. The van der Waals surface area contributed by atoms with Crippen molar-refractivity contribution in [2.45, 2.75) is 13.8 Å². The van der Waals surface area contributed by atoms with E-state index in [1.165, 1.54) is 10.4 Å². The second kappa shape index (κ2) is 5.95. The highest BCUT2D eigenvalue weighted by Crippen LogP contribution is 2.32. The number of benzene rings is 1. The van der Waals surface area contributed by atoms with Gasteiger partial charge in [0.2, 0.25) is 0 Å². The summed E-state index contributed by atoms with van der Waals surface area (Å²) in [5, 5.41) is 4.14. The van der Waals surface area contributed by atoms with E-state index >= 15 is 0 Å². The van der Waals surface area contributed by atoms with E-state index in [-0.39, 0.29) is 0 Å². The zero-order chi connectivity index (χ0) is 14.8. The lowest BCUT2D eigenvalue weighted by atomic mass is 10.1. The Morgan fingerprint density at radius 1 is 1.14 bits per heavy atom. The SMILES string of the molecule is Cc1ccnc(Nc2nc(-c3cccc(Br)c3)c(C)s2)c1. The lowest BCUT2D eigenvalue weighted by molar-refractivity contribution is 1.26. The van der Waals surface area contributed by atoms with Gasteiger partial charge in [-0.25, -0.2) is 9.97 Å². The molecule has 0 spiro atoms. The van der Waals surface area contributed by atoms with Crippen LogP contribution in [0.15, 0.2) is 47.1 Å². The van der Waals surface area contributed by atoms with Crippen molar-refractivity contribution in [2.75, 3.05) is 5.32 Å². The summed E-state index contributed by atoms with van der Waals surface area (Å²) in [6.07, 6.45) is 1.80. The Balaban J connectivity index is 1.91. The van der Waals surface area contributed by atoms with Gasteiger partial charge < -0.3 is 5.32 Å². The Morgan fingerprint density at radius 3 is 2.76 bits per heavy atom. The Labute approximate surface area is 136 Å². The quantitative estimate of drug-likeness (QED) is 0.686. The third-order valence-corrected chi connectivity index (χ3v) is 4.42. The van der Waals surface area contributed by atoms with Crippen molar-refractivity contribution < 1.29 is 0 Å². The second-order valence-electron chi connectivity index (χ2n) is 4.78. The fourth-order valence-electron chi connectivity index (χ4n) is 2.07. The van der Waals surface area contributed by atoms with E-state index in [1.807, 2.05) is 31.2 Å². The molecule has 0 aliphatic carbocycles. The average molecular weight is 360 g/mol. The molecule has 3 aromatic rings. The normalized spacial score (nSPS) is 10.6. The highest BCUT2D eigenvalue weighted by Gasteiger charge is 2.10. The van der Waals surface area contributed by atoms with Crippen LogP contribution in [0.1, 0.15) is 10.4 Å². The molecule has 2 aromatic heterocycles. The van der Waals surface area contributed by atoms with Gasteiger partial charge >= 0.3 is 0 Å². The molecular weight excluding hydrogens is 346 g/mol. The smallest absolute Gasteiger partial charge is 0.189 e. The Kier molecular flexibility index (Phi) is 4.03. The summed E-state index contributed by atoms with van der Waals surface area (Å²) in [7, 11) is 0. The molecule has 106 valence electrons. The molecule has 0 unspecified atom stereocenters. The van der Waals surface area contributed by atoms with Crippen LogP contribution < -0.4 is 5.32 Å². The highest BCUT2D eigenvalue weighted by molar-refractivity contribution is 9.10. The predicted molar refractivity (Wildman–Crippen MR) is 92.2 cm³/mol. The molecule has 0 atom stereocenters. The summed E-state index contributed by atoms with van der Waals surface area (Å²) in [5.74, 6) is 0.824. The zero-order valence-corrected chi connectivity index (χ0v) is 14.1. The van der Waals surface area contributed by atoms with E-state index in [4.69, 9.17) is 4.98 Å². The molecule has 2 heterocycles. The fourth-order valence-corrected chi connectivity index (χ4v) is 3.31. The lowest BCUT2D eigenvalue weighted by Crippen LogP contribution is -1.93. The molecule has 0 aliphatic rings. The first kappa shape index (κ1) is 14.2. The van der Waals surface area contributed by atoms with Crippen molar-refractivity contribution in [3.8, 4) is 11.3 Å². The largest absolute Gasteiger partial charge is 0.316 e. The van der Waals surface area contributed by atoms with Crippen LogP contribution in [0.4, 0.5) is 10.9 Å². The highest BCUT2D eigenvalue weighted by atomic mass is 79.9. The van der Waals surface area contributed by atoms with Crippen molar-refractivity contribution in [2.24, 2.45) is 0 Å². The topological polar surface area (TPSA) is 37.8 Å². The van der Waals surface area contributed by atoms with Gasteiger partial charge in [-0.15, -0.1) is 11.3 Å². The molecule has 0 aliphatic heterocycles. The monoisotopic (exact) mass is 359 g/mol. The molecular formula is C16H14BrN3S. The van der Waals surface area contributed by atoms with E-state index in [9.17, 15) is 0 Å². The van der Waals surface area contributed by atoms with Gasteiger partial charge in [-0.3, -0.25) is 0 Å². The van der Waals surface area contributed by atoms with Crippen LogP contribution in [0.3, 0.4) is 0 Å². The zero-order valence-electron chi connectivity index (χ0n) is 11.7. The van der Waals surface area contributed by atoms with Crippen molar-refractivity contribution >= 4 is 38.2 Å². The van der Waals surface area contributed by atoms with Gasteiger partial charge in [0.25, 0.3) is 0 Å². The predicted octanol–water partition coefficient (Wildman–Crippen LogP) is 5.33. The molecule has 3 rings (SSSR count). The minimum atomic E-state index is 0.824. The van der Waals surface area contributed by atoms with Crippen molar-refractivity contribution in [1.82, 2.24) is 9.97 Å². The van der Waals surface area contributed by atoms with Crippen LogP contribution in [0.5, 0.6) is 0 Å². The van der Waals surface area contributed by atoms with Crippen LogP contribution in [0.25, 0.3) is 11.3 Å². The number of halogens is 1.